The number of carbonyl (C=O) groups excluding carboxylic acids is 3. The van der Waals surface area contributed by atoms with E-state index in [1.807, 2.05) is 6.07 Å². The molecule has 0 bridgehead atoms. The van der Waals surface area contributed by atoms with Gasteiger partial charge in [0.05, 0.1) is 0 Å². The van der Waals surface area contributed by atoms with Crippen LogP contribution in [0.3, 0.4) is 0 Å². The summed E-state index contributed by atoms with van der Waals surface area (Å²) in [6.07, 6.45) is 3.39. The second-order valence-corrected chi connectivity index (χ2v) is 2.15. The lowest BCUT2D eigenvalue weighted by atomic mass is 10.2. The molecule has 0 aliphatic rings. The van der Waals surface area contributed by atoms with Gasteiger partial charge >= 0.3 is 0 Å². The molecule has 0 fully saturated rings. The molecular weight excluding hydrogens is 222 g/mol. The van der Waals surface area contributed by atoms with Crippen LogP contribution in [0.25, 0.3) is 0 Å². The molecule has 0 saturated heterocycles. The highest BCUT2D eigenvalue weighted by atomic mass is 16.1. The fourth-order valence-electron chi connectivity index (χ4n) is 0.714. The fraction of sp³-hybridized carbons (Fsp3) is 0.182. The summed E-state index contributed by atoms with van der Waals surface area (Å²) in [4.78, 5) is 25.0. The zero-order chi connectivity index (χ0) is 13.9. The third-order valence-corrected chi connectivity index (χ3v) is 1.25. The van der Waals surface area contributed by atoms with Gasteiger partial charge in [-0.25, -0.2) is 30.6 Å². The van der Waals surface area contributed by atoms with Gasteiger partial charge in [-0.3, -0.25) is 0 Å². The van der Waals surface area contributed by atoms with E-state index in [0.717, 1.165) is 24.7 Å². The monoisotopic (exact) mass is 235 g/mol. The van der Waals surface area contributed by atoms with Crippen LogP contribution in [0.2, 0.25) is 0 Å². The van der Waals surface area contributed by atoms with Gasteiger partial charge in [0.2, 0.25) is 18.2 Å². The summed E-state index contributed by atoms with van der Waals surface area (Å²) >= 11 is 0. The smallest absolute Gasteiger partial charge is 0.222 e. The van der Waals surface area contributed by atoms with Crippen molar-refractivity contribution in [1.82, 2.24) is 0 Å². The Balaban J connectivity index is -0.000000184. The number of nitrogens with one attached hydrogen (secondary N) is 3. The third kappa shape index (κ3) is 31.8. The van der Waals surface area contributed by atoms with Gasteiger partial charge in [0.25, 0.3) is 0 Å². The molecule has 0 radical (unpaired) electrons. The minimum atomic E-state index is 0.750. The lowest BCUT2D eigenvalue weighted by Gasteiger charge is -1.89. The van der Waals surface area contributed by atoms with Crippen molar-refractivity contribution in [2.75, 3.05) is 0 Å². The Morgan fingerprint density at radius 3 is 1.35 bits per heavy atom. The predicted molar refractivity (Wildman–Crippen MR) is 61.1 cm³/mol. The van der Waals surface area contributed by atoms with Crippen LogP contribution >= 0.6 is 0 Å². The first-order valence-electron chi connectivity index (χ1n) is 4.33. The summed E-state index contributed by atoms with van der Waals surface area (Å²) in [5, 5.41) is 16.2. The fourth-order valence-corrected chi connectivity index (χ4v) is 0.714. The van der Waals surface area contributed by atoms with E-state index < -0.39 is 0 Å². The van der Waals surface area contributed by atoms with Crippen LogP contribution in [0.5, 0.6) is 0 Å². The summed E-state index contributed by atoms with van der Waals surface area (Å²) in [6, 6.07) is 10.5. The van der Waals surface area contributed by atoms with Crippen LogP contribution in [0.15, 0.2) is 30.3 Å². The Kier molecular flexibility index (Phi) is 27.2. The summed E-state index contributed by atoms with van der Waals surface area (Å²) in [5.74, 6) is 0. The zero-order valence-electron chi connectivity index (χ0n) is 9.32. The molecule has 6 heteroatoms. The molecular formula is C11H13N3O3. The van der Waals surface area contributed by atoms with Crippen molar-refractivity contribution >= 4 is 18.2 Å². The first-order chi connectivity index (χ1) is 8.17. The van der Waals surface area contributed by atoms with E-state index in [4.69, 9.17) is 30.6 Å². The zero-order valence-corrected chi connectivity index (χ0v) is 9.32. The van der Waals surface area contributed by atoms with E-state index in [9.17, 15) is 0 Å². The van der Waals surface area contributed by atoms with Crippen molar-refractivity contribution in [2.45, 2.75) is 13.3 Å². The minimum Gasteiger partial charge on any atom is -0.222 e. The molecule has 17 heavy (non-hydrogen) atoms. The number of isocyanates is 3. The summed E-state index contributed by atoms with van der Waals surface area (Å²) in [5.41, 5.74) is 1.41. The van der Waals surface area contributed by atoms with Crippen molar-refractivity contribution in [2.24, 2.45) is 0 Å². The van der Waals surface area contributed by atoms with E-state index in [1.165, 1.54) is 5.56 Å². The second-order valence-electron chi connectivity index (χ2n) is 2.15. The number of hydrogen-bond donors (Lipinski definition) is 3. The molecule has 0 saturated carbocycles. The maximum atomic E-state index is 8.35. The van der Waals surface area contributed by atoms with E-state index >= 15 is 0 Å². The Morgan fingerprint density at radius 2 is 1.18 bits per heavy atom. The number of hydrogen-bond acceptors (Lipinski definition) is 6. The Morgan fingerprint density at radius 1 is 0.882 bits per heavy atom. The largest absolute Gasteiger partial charge is 0.231 e. The van der Waals surface area contributed by atoms with Crippen molar-refractivity contribution in [3.8, 4) is 0 Å². The van der Waals surface area contributed by atoms with Gasteiger partial charge < -0.3 is 0 Å². The van der Waals surface area contributed by atoms with Gasteiger partial charge in [0.1, 0.15) is 0 Å². The lowest BCUT2D eigenvalue weighted by Crippen LogP contribution is -1.73. The summed E-state index contributed by atoms with van der Waals surface area (Å²) < 4.78 is 0. The molecule has 90 valence electrons. The third-order valence-electron chi connectivity index (χ3n) is 1.25. The average Bonchev–Trinajstić information content (AvgIpc) is 2.33. The first kappa shape index (κ1) is 19.9. The molecule has 1 aromatic carbocycles. The van der Waals surface area contributed by atoms with Crippen LogP contribution < -0.4 is 0 Å². The molecule has 0 unspecified atom stereocenters. The van der Waals surface area contributed by atoms with Crippen LogP contribution in [0, 0.1) is 16.2 Å². The number of aryl methyl sites for hydroxylation is 1. The normalized spacial score (nSPS) is 5.71. The van der Waals surface area contributed by atoms with Crippen molar-refractivity contribution in [1.29, 1.82) is 16.2 Å². The van der Waals surface area contributed by atoms with Crippen molar-refractivity contribution < 1.29 is 14.4 Å². The molecule has 0 aliphatic heterocycles. The van der Waals surface area contributed by atoms with E-state index in [1.54, 1.807) is 0 Å². The molecule has 0 spiro atoms. The maximum Gasteiger partial charge on any atom is 0.231 e. The molecule has 0 amide bonds. The van der Waals surface area contributed by atoms with Crippen LogP contribution in [-0.4, -0.2) is 18.2 Å². The van der Waals surface area contributed by atoms with Gasteiger partial charge in [0.15, 0.2) is 0 Å². The molecule has 0 aliphatic carbocycles. The highest BCUT2D eigenvalue weighted by Gasteiger charge is 1.79. The van der Waals surface area contributed by atoms with Gasteiger partial charge in [-0.05, 0) is 12.0 Å². The van der Waals surface area contributed by atoms with Crippen LogP contribution in [0.4, 0.5) is 0 Å². The SMILES string of the molecule is CCc1ccccc1.N=C=O.N=C=O.N=C=O. The predicted octanol–water partition coefficient (Wildman–Crippen LogP) is 1.95. The first-order valence-corrected chi connectivity index (χ1v) is 4.33. The standard InChI is InChI=1S/C8H10.3CHNO/c1-2-8-6-4-3-5-7-8;3*2-1-3/h3-7H,2H2,1H3;3*2H. The van der Waals surface area contributed by atoms with E-state index in [2.05, 4.69) is 31.2 Å². The summed E-state index contributed by atoms with van der Waals surface area (Å²) in [6.45, 7) is 2.16. The minimum absolute atomic E-state index is 0.750. The molecule has 0 heterocycles. The van der Waals surface area contributed by atoms with Crippen LogP contribution in [0.1, 0.15) is 12.5 Å². The van der Waals surface area contributed by atoms with Crippen molar-refractivity contribution in [3.63, 3.8) is 0 Å². The number of benzene rings is 1. The van der Waals surface area contributed by atoms with Crippen LogP contribution in [-0.2, 0) is 20.8 Å². The quantitative estimate of drug-likeness (QED) is 0.509. The molecule has 0 atom stereocenters. The van der Waals surface area contributed by atoms with Gasteiger partial charge in [-0.15, -0.1) is 0 Å². The van der Waals surface area contributed by atoms with E-state index in [-0.39, 0.29) is 0 Å². The molecule has 1 aromatic rings. The van der Waals surface area contributed by atoms with Gasteiger partial charge in [-0.2, -0.15) is 0 Å². The Hall–Kier alpha value is -2.64. The topological polar surface area (TPSA) is 123 Å². The second kappa shape index (κ2) is 23.3. The molecule has 6 nitrogen and oxygen atoms in total. The molecule has 0 aromatic heterocycles. The average molecular weight is 235 g/mol. The summed E-state index contributed by atoms with van der Waals surface area (Å²) in [7, 11) is 0. The van der Waals surface area contributed by atoms with E-state index in [0.29, 0.717) is 0 Å². The maximum absolute atomic E-state index is 8.35. The van der Waals surface area contributed by atoms with Gasteiger partial charge in [0, 0.05) is 0 Å². The Bertz CT molecular complexity index is 330. The Labute approximate surface area is 98.8 Å². The van der Waals surface area contributed by atoms with Gasteiger partial charge in [-0.1, -0.05) is 37.3 Å². The number of rotatable bonds is 1. The van der Waals surface area contributed by atoms with Crippen molar-refractivity contribution in [3.05, 3.63) is 35.9 Å². The molecule has 1 rings (SSSR count). The molecule has 3 N–H and O–H groups in total. The highest BCUT2D eigenvalue weighted by Crippen LogP contribution is 1.96. The lowest BCUT2D eigenvalue weighted by molar-refractivity contribution is 0.562. The highest BCUT2D eigenvalue weighted by molar-refractivity contribution is 5.26.